The van der Waals surface area contributed by atoms with E-state index in [-0.39, 0.29) is 0 Å². The second-order valence-corrected chi connectivity index (χ2v) is 4.12. The van der Waals surface area contributed by atoms with Gasteiger partial charge in [-0.1, -0.05) is 22.9 Å². The Kier molecular flexibility index (Phi) is 2.44. The Morgan fingerprint density at radius 1 is 1.62 bits per heavy atom. The molecule has 1 aliphatic rings. The topological polar surface area (TPSA) is 21.3 Å². The van der Waals surface area contributed by atoms with E-state index in [9.17, 15) is 0 Å². The minimum atomic E-state index is 0.446. The lowest BCUT2D eigenvalue weighted by molar-refractivity contribution is 0.281. The van der Waals surface area contributed by atoms with E-state index in [0.717, 1.165) is 28.9 Å². The van der Waals surface area contributed by atoms with E-state index in [1.54, 1.807) is 0 Å². The lowest BCUT2D eigenvalue weighted by atomic mass is 10.2. The van der Waals surface area contributed by atoms with E-state index in [0.29, 0.717) is 6.04 Å². The van der Waals surface area contributed by atoms with Gasteiger partial charge in [0, 0.05) is 4.47 Å². The van der Waals surface area contributed by atoms with E-state index < -0.39 is 0 Å². The molecule has 1 heterocycles. The molecular formula is C10H12BrNO. The Morgan fingerprint density at radius 3 is 3.23 bits per heavy atom. The van der Waals surface area contributed by atoms with Crippen molar-refractivity contribution in [3.8, 4) is 5.75 Å². The summed E-state index contributed by atoms with van der Waals surface area (Å²) in [4.78, 5) is 0. The predicted molar refractivity (Wildman–Crippen MR) is 57.3 cm³/mol. The Bertz CT molecular complexity index is 314. The summed E-state index contributed by atoms with van der Waals surface area (Å²) >= 11 is 3.44. The highest BCUT2D eigenvalue weighted by atomic mass is 79.9. The molecule has 1 unspecified atom stereocenters. The molecular weight excluding hydrogens is 230 g/mol. The first-order valence-corrected chi connectivity index (χ1v) is 5.28. The molecule has 0 fully saturated rings. The third-order valence-corrected chi connectivity index (χ3v) is 2.73. The lowest BCUT2D eigenvalue weighted by Crippen LogP contribution is -2.30. The van der Waals surface area contributed by atoms with Crippen LogP contribution in [-0.2, 0) is 0 Å². The number of fused-ring (bicyclic) bond motifs is 1. The number of benzene rings is 1. The van der Waals surface area contributed by atoms with E-state index in [2.05, 4.69) is 34.2 Å². The van der Waals surface area contributed by atoms with Gasteiger partial charge in [-0.05, 0) is 24.6 Å². The molecule has 1 aliphatic heterocycles. The zero-order chi connectivity index (χ0) is 9.26. The fourth-order valence-corrected chi connectivity index (χ4v) is 1.77. The van der Waals surface area contributed by atoms with Gasteiger partial charge < -0.3 is 10.1 Å². The second kappa shape index (κ2) is 3.58. The molecule has 1 aromatic carbocycles. The number of hydrogen-bond acceptors (Lipinski definition) is 2. The van der Waals surface area contributed by atoms with Gasteiger partial charge in [-0.3, -0.25) is 0 Å². The van der Waals surface area contributed by atoms with Gasteiger partial charge in [-0.25, -0.2) is 0 Å². The monoisotopic (exact) mass is 241 g/mol. The summed E-state index contributed by atoms with van der Waals surface area (Å²) in [5.74, 6) is 0.952. The van der Waals surface area contributed by atoms with Crippen LogP contribution < -0.4 is 10.1 Å². The normalized spacial score (nSPS) is 20.0. The summed E-state index contributed by atoms with van der Waals surface area (Å²) in [5, 5.41) is 3.43. The number of anilines is 1. The van der Waals surface area contributed by atoms with Gasteiger partial charge >= 0.3 is 0 Å². The van der Waals surface area contributed by atoms with Crippen LogP contribution in [-0.4, -0.2) is 12.6 Å². The van der Waals surface area contributed by atoms with Gasteiger partial charge in [0.05, 0.1) is 11.7 Å². The Balaban J connectivity index is 2.27. The SMILES string of the molecule is CCC1COc2ccc(Br)cc2N1. The van der Waals surface area contributed by atoms with Gasteiger partial charge in [0.2, 0.25) is 0 Å². The molecule has 1 atom stereocenters. The largest absolute Gasteiger partial charge is 0.489 e. The second-order valence-electron chi connectivity index (χ2n) is 3.20. The predicted octanol–water partition coefficient (Wildman–Crippen LogP) is 3.03. The molecule has 0 aromatic heterocycles. The maximum Gasteiger partial charge on any atom is 0.142 e. The molecule has 1 aromatic rings. The first-order chi connectivity index (χ1) is 6.29. The van der Waals surface area contributed by atoms with Crippen LogP contribution in [0, 0.1) is 0 Å². The molecule has 0 saturated heterocycles. The van der Waals surface area contributed by atoms with Crippen LogP contribution in [0.3, 0.4) is 0 Å². The molecule has 2 nitrogen and oxygen atoms in total. The van der Waals surface area contributed by atoms with Crippen molar-refractivity contribution in [1.82, 2.24) is 0 Å². The van der Waals surface area contributed by atoms with Crippen LogP contribution in [0.2, 0.25) is 0 Å². The summed E-state index contributed by atoms with van der Waals surface area (Å²) in [6.45, 7) is 2.93. The van der Waals surface area contributed by atoms with Crippen LogP contribution in [0.25, 0.3) is 0 Å². The highest BCUT2D eigenvalue weighted by Crippen LogP contribution is 2.31. The van der Waals surface area contributed by atoms with Gasteiger partial charge in [0.25, 0.3) is 0 Å². The number of ether oxygens (including phenoxy) is 1. The van der Waals surface area contributed by atoms with Gasteiger partial charge in [0.15, 0.2) is 0 Å². The van der Waals surface area contributed by atoms with Crippen LogP contribution in [0.5, 0.6) is 5.75 Å². The average Bonchev–Trinajstić information content (AvgIpc) is 2.16. The van der Waals surface area contributed by atoms with Crippen LogP contribution in [0.1, 0.15) is 13.3 Å². The van der Waals surface area contributed by atoms with Crippen molar-refractivity contribution in [2.24, 2.45) is 0 Å². The molecule has 0 amide bonds. The van der Waals surface area contributed by atoms with E-state index in [1.165, 1.54) is 0 Å². The summed E-state index contributed by atoms with van der Waals surface area (Å²) in [6, 6.07) is 6.48. The van der Waals surface area contributed by atoms with Gasteiger partial charge in [-0.2, -0.15) is 0 Å². The van der Waals surface area contributed by atoms with E-state index in [1.807, 2.05) is 12.1 Å². The van der Waals surface area contributed by atoms with Crippen molar-refractivity contribution >= 4 is 21.6 Å². The molecule has 0 aliphatic carbocycles. The Hall–Kier alpha value is -0.700. The fraction of sp³-hybridized carbons (Fsp3) is 0.400. The minimum absolute atomic E-state index is 0.446. The third kappa shape index (κ3) is 1.80. The average molecular weight is 242 g/mol. The summed E-state index contributed by atoms with van der Waals surface area (Å²) < 4.78 is 6.68. The molecule has 0 spiro atoms. The maximum atomic E-state index is 5.60. The van der Waals surface area contributed by atoms with Crippen LogP contribution in [0.15, 0.2) is 22.7 Å². The van der Waals surface area contributed by atoms with E-state index in [4.69, 9.17) is 4.74 Å². The van der Waals surface area contributed by atoms with E-state index >= 15 is 0 Å². The van der Waals surface area contributed by atoms with Crippen LogP contribution >= 0.6 is 15.9 Å². The van der Waals surface area contributed by atoms with Crippen molar-refractivity contribution in [2.45, 2.75) is 19.4 Å². The molecule has 0 saturated carbocycles. The zero-order valence-electron chi connectivity index (χ0n) is 7.51. The fourth-order valence-electron chi connectivity index (χ4n) is 1.41. The zero-order valence-corrected chi connectivity index (χ0v) is 9.10. The summed E-state index contributed by atoms with van der Waals surface area (Å²) in [6.07, 6.45) is 1.09. The highest BCUT2D eigenvalue weighted by molar-refractivity contribution is 9.10. The number of hydrogen-bond donors (Lipinski definition) is 1. The lowest BCUT2D eigenvalue weighted by Gasteiger charge is -2.26. The van der Waals surface area contributed by atoms with Gasteiger partial charge in [-0.15, -0.1) is 0 Å². The van der Waals surface area contributed by atoms with Crippen molar-refractivity contribution in [1.29, 1.82) is 0 Å². The summed E-state index contributed by atoms with van der Waals surface area (Å²) in [7, 11) is 0. The van der Waals surface area contributed by atoms with Gasteiger partial charge in [0.1, 0.15) is 12.4 Å². The van der Waals surface area contributed by atoms with Crippen molar-refractivity contribution in [3.05, 3.63) is 22.7 Å². The number of rotatable bonds is 1. The van der Waals surface area contributed by atoms with Crippen molar-refractivity contribution < 1.29 is 4.74 Å². The Labute approximate surface area is 86.4 Å². The third-order valence-electron chi connectivity index (χ3n) is 2.23. The molecule has 0 bridgehead atoms. The van der Waals surface area contributed by atoms with Crippen molar-refractivity contribution in [2.75, 3.05) is 11.9 Å². The first-order valence-electron chi connectivity index (χ1n) is 4.48. The van der Waals surface area contributed by atoms with Crippen LogP contribution in [0.4, 0.5) is 5.69 Å². The number of halogens is 1. The minimum Gasteiger partial charge on any atom is -0.489 e. The smallest absolute Gasteiger partial charge is 0.142 e. The highest BCUT2D eigenvalue weighted by Gasteiger charge is 2.16. The molecule has 0 radical (unpaired) electrons. The standard InChI is InChI=1S/C10H12BrNO/c1-2-8-6-13-10-4-3-7(11)5-9(10)12-8/h3-5,8,12H,2,6H2,1H3. The Morgan fingerprint density at radius 2 is 2.46 bits per heavy atom. The molecule has 70 valence electrons. The molecule has 2 rings (SSSR count). The first kappa shape index (κ1) is 8.88. The quantitative estimate of drug-likeness (QED) is 0.817. The summed E-state index contributed by atoms with van der Waals surface area (Å²) in [5.41, 5.74) is 1.09. The molecule has 13 heavy (non-hydrogen) atoms. The van der Waals surface area contributed by atoms with Crippen molar-refractivity contribution in [3.63, 3.8) is 0 Å². The maximum absolute atomic E-state index is 5.60. The molecule has 3 heteroatoms. The number of nitrogens with one attached hydrogen (secondary N) is 1. The molecule has 1 N–H and O–H groups in total.